The number of nitrogens with zero attached hydrogens (tertiary/aromatic N) is 2. The summed E-state index contributed by atoms with van der Waals surface area (Å²) in [5.74, 6) is -0.757. The van der Waals surface area contributed by atoms with E-state index < -0.39 is 44.1 Å². The fourth-order valence-corrected chi connectivity index (χ4v) is 3.96. The maximum Gasteiger partial charge on any atom is 0.327 e. The van der Waals surface area contributed by atoms with Crippen LogP contribution >= 0.6 is 0 Å². The van der Waals surface area contributed by atoms with Gasteiger partial charge in [0.15, 0.2) is 4.90 Å². The number of carbonyl (C=O) groups excluding carboxylic acids is 1. The van der Waals surface area contributed by atoms with Crippen molar-refractivity contribution in [2.45, 2.75) is 31.8 Å². The van der Waals surface area contributed by atoms with E-state index in [0.717, 1.165) is 22.0 Å². The Hall–Kier alpha value is -2.94. The number of aryl methyl sites for hydroxylation is 1. The van der Waals surface area contributed by atoms with Gasteiger partial charge in [-0.2, -0.15) is 0 Å². The maximum absolute atomic E-state index is 13.2. The number of para-hydroxylation sites is 1. The molecular weight excluding hydrogens is 372 g/mol. The topological polar surface area (TPSA) is 107 Å². The number of anilines is 1. The Morgan fingerprint density at radius 2 is 1.74 bits per heavy atom. The minimum atomic E-state index is -4.38. The summed E-state index contributed by atoms with van der Waals surface area (Å²) in [6.45, 7) is 4.52. The van der Waals surface area contributed by atoms with E-state index >= 15 is 0 Å². The van der Waals surface area contributed by atoms with Gasteiger partial charge in [-0.3, -0.25) is 19.2 Å². The minimum Gasteiger partial charge on any atom is -0.462 e. The molecule has 0 saturated heterocycles. The number of hydrogen-bond acceptors (Lipinski definition) is 6. The number of nitro benzene ring substituents is 1. The normalized spacial score (nSPS) is 11.3. The van der Waals surface area contributed by atoms with Gasteiger partial charge in [0.1, 0.15) is 6.54 Å². The minimum absolute atomic E-state index is 0.208. The molecule has 0 N–H and O–H groups in total. The van der Waals surface area contributed by atoms with Crippen molar-refractivity contribution >= 4 is 27.4 Å². The van der Waals surface area contributed by atoms with Crippen LogP contribution in [-0.2, 0) is 19.6 Å². The van der Waals surface area contributed by atoms with E-state index in [4.69, 9.17) is 4.74 Å². The first-order valence-electron chi connectivity index (χ1n) is 8.15. The average molecular weight is 392 g/mol. The molecular formula is C18H20N2O6S. The number of ether oxygens (including phenoxy) is 1. The summed E-state index contributed by atoms with van der Waals surface area (Å²) in [5, 5.41) is 11.3. The van der Waals surface area contributed by atoms with Crippen LogP contribution in [0.5, 0.6) is 0 Å². The Balaban J connectivity index is 2.56. The summed E-state index contributed by atoms with van der Waals surface area (Å²) in [7, 11) is -4.38. The Morgan fingerprint density at radius 3 is 2.30 bits per heavy atom. The maximum atomic E-state index is 13.2. The van der Waals surface area contributed by atoms with Crippen LogP contribution in [-0.4, -0.2) is 32.0 Å². The molecule has 0 atom stereocenters. The lowest BCUT2D eigenvalue weighted by Gasteiger charge is -2.24. The van der Waals surface area contributed by atoms with E-state index in [1.54, 1.807) is 26.0 Å². The number of rotatable bonds is 7. The Bertz CT molecular complexity index is 939. The van der Waals surface area contributed by atoms with Crippen LogP contribution in [0, 0.1) is 17.0 Å². The van der Waals surface area contributed by atoms with E-state index in [1.165, 1.54) is 24.3 Å². The molecule has 0 spiro atoms. The SMILES string of the molecule is Cc1ccc(N(CC(=O)OC(C)C)S(=O)(=O)c2ccccc2[N+](=O)[O-])cc1. The zero-order valence-corrected chi connectivity index (χ0v) is 16.0. The van der Waals surface area contributed by atoms with E-state index in [-0.39, 0.29) is 5.69 Å². The van der Waals surface area contributed by atoms with E-state index in [0.29, 0.717) is 0 Å². The van der Waals surface area contributed by atoms with Crippen LogP contribution in [0.3, 0.4) is 0 Å². The molecule has 2 aromatic carbocycles. The lowest BCUT2D eigenvalue weighted by Crippen LogP contribution is -2.37. The summed E-state index contributed by atoms with van der Waals surface area (Å²) in [5.41, 5.74) is 0.540. The summed E-state index contributed by atoms with van der Waals surface area (Å²) in [6.07, 6.45) is -0.425. The van der Waals surface area contributed by atoms with Crippen molar-refractivity contribution in [3.05, 3.63) is 64.2 Å². The van der Waals surface area contributed by atoms with Gasteiger partial charge in [-0.15, -0.1) is 0 Å². The van der Waals surface area contributed by atoms with Crippen LogP contribution in [0.25, 0.3) is 0 Å². The van der Waals surface area contributed by atoms with Gasteiger partial charge in [0, 0.05) is 6.07 Å². The van der Waals surface area contributed by atoms with Crippen LogP contribution < -0.4 is 4.31 Å². The second-order valence-corrected chi connectivity index (χ2v) is 7.94. The molecule has 0 saturated carbocycles. The quantitative estimate of drug-likeness (QED) is 0.407. The molecule has 2 rings (SSSR count). The second kappa shape index (κ2) is 8.17. The van der Waals surface area contributed by atoms with Crippen molar-refractivity contribution in [1.29, 1.82) is 0 Å². The Morgan fingerprint density at radius 1 is 1.15 bits per heavy atom. The summed E-state index contributed by atoms with van der Waals surface area (Å²) in [4.78, 5) is 22.1. The molecule has 0 unspecified atom stereocenters. The van der Waals surface area contributed by atoms with E-state index in [2.05, 4.69) is 0 Å². The van der Waals surface area contributed by atoms with Gasteiger partial charge in [-0.05, 0) is 39.0 Å². The zero-order valence-electron chi connectivity index (χ0n) is 15.2. The molecule has 0 fully saturated rings. The predicted octanol–water partition coefficient (Wildman–Crippen LogP) is 3.05. The van der Waals surface area contributed by atoms with Crippen molar-refractivity contribution in [1.82, 2.24) is 0 Å². The van der Waals surface area contributed by atoms with Gasteiger partial charge in [-0.25, -0.2) is 8.42 Å². The lowest BCUT2D eigenvalue weighted by molar-refractivity contribution is -0.387. The first-order valence-corrected chi connectivity index (χ1v) is 9.59. The number of hydrogen-bond donors (Lipinski definition) is 0. The third-order valence-corrected chi connectivity index (χ3v) is 5.41. The molecule has 144 valence electrons. The molecule has 0 aliphatic carbocycles. The van der Waals surface area contributed by atoms with Crippen molar-refractivity contribution in [2.24, 2.45) is 0 Å². The lowest BCUT2D eigenvalue weighted by atomic mass is 10.2. The third-order valence-electron chi connectivity index (χ3n) is 3.59. The highest BCUT2D eigenvalue weighted by Gasteiger charge is 2.33. The number of sulfonamides is 1. The fraction of sp³-hybridized carbons (Fsp3) is 0.278. The average Bonchev–Trinajstić information content (AvgIpc) is 2.60. The van der Waals surface area contributed by atoms with Crippen LogP contribution in [0.15, 0.2) is 53.4 Å². The summed E-state index contributed by atoms with van der Waals surface area (Å²) in [6, 6.07) is 11.4. The molecule has 2 aromatic rings. The monoisotopic (exact) mass is 392 g/mol. The van der Waals surface area contributed by atoms with Crippen molar-refractivity contribution in [2.75, 3.05) is 10.8 Å². The smallest absolute Gasteiger partial charge is 0.327 e. The zero-order chi connectivity index (χ0) is 20.2. The molecule has 0 heterocycles. The molecule has 0 radical (unpaired) electrons. The van der Waals surface area contributed by atoms with E-state index in [9.17, 15) is 23.3 Å². The van der Waals surface area contributed by atoms with Gasteiger partial charge in [0.05, 0.1) is 16.7 Å². The first-order chi connectivity index (χ1) is 12.6. The van der Waals surface area contributed by atoms with Gasteiger partial charge in [-0.1, -0.05) is 29.8 Å². The highest BCUT2D eigenvalue weighted by Crippen LogP contribution is 2.30. The number of esters is 1. The molecule has 27 heavy (non-hydrogen) atoms. The van der Waals surface area contributed by atoms with Gasteiger partial charge in [0.25, 0.3) is 15.7 Å². The summed E-state index contributed by atoms with van der Waals surface area (Å²) < 4.78 is 32.2. The highest BCUT2D eigenvalue weighted by molar-refractivity contribution is 7.93. The molecule has 8 nitrogen and oxygen atoms in total. The third kappa shape index (κ3) is 4.82. The molecule has 0 aliphatic rings. The number of nitro groups is 1. The van der Waals surface area contributed by atoms with Gasteiger partial charge in [0.2, 0.25) is 0 Å². The number of carbonyl (C=O) groups is 1. The molecule has 0 aromatic heterocycles. The summed E-state index contributed by atoms with van der Waals surface area (Å²) >= 11 is 0. The molecule has 0 bridgehead atoms. The Labute approximate surface area is 157 Å². The standard InChI is InChI=1S/C18H20N2O6S/c1-13(2)26-18(21)12-19(15-10-8-14(3)9-11-15)27(24,25)17-7-5-4-6-16(17)20(22)23/h4-11,13H,12H2,1-3H3. The van der Waals surface area contributed by atoms with E-state index in [1.807, 2.05) is 6.92 Å². The van der Waals surface area contributed by atoms with Crippen LogP contribution in [0.2, 0.25) is 0 Å². The predicted molar refractivity (Wildman–Crippen MR) is 100 cm³/mol. The van der Waals surface area contributed by atoms with Crippen LogP contribution in [0.4, 0.5) is 11.4 Å². The fourth-order valence-electron chi connectivity index (χ4n) is 2.39. The Kier molecular flexibility index (Phi) is 6.17. The highest BCUT2D eigenvalue weighted by atomic mass is 32.2. The second-order valence-electron chi connectivity index (χ2n) is 6.11. The van der Waals surface area contributed by atoms with Gasteiger partial charge < -0.3 is 4.74 Å². The van der Waals surface area contributed by atoms with Gasteiger partial charge >= 0.3 is 5.97 Å². The van der Waals surface area contributed by atoms with Crippen molar-refractivity contribution in [3.8, 4) is 0 Å². The molecule has 9 heteroatoms. The van der Waals surface area contributed by atoms with Crippen molar-refractivity contribution in [3.63, 3.8) is 0 Å². The first kappa shape index (κ1) is 20.4. The molecule has 0 amide bonds. The van der Waals surface area contributed by atoms with Crippen LogP contribution in [0.1, 0.15) is 19.4 Å². The molecule has 0 aliphatic heterocycles. The van der Waals surface area contributed by atoms with Crippen molar-refractivity contribution < 1.29 is 22.9 Å². The largest absolute Gasteiger partial charge is 0.462 e. The number of benzene rings is 2.